The third-order valence-electron chi connectivity index (χ3n) is 2.63. The van der Waals surface area contributed by atoms with Crippen molar-refractivity contribution in [2.45, 2.75) is 5.75 Å². The molecule has 1 heterocycles. The van der Waals surface area contributed by atoms with Crippen LogP contribution in [0.5, 0.6) is 0 Å². The Morgan fingerprint density at radius 1 is 1.33 bits per heavy atom. The SMILES string of the molecule is CSCc1ccc(C(=O)Nc2cc(C(=O)O)ccc2Br)o1. The summed E-state index contributed by atoms with van der Waals surface area (Å²) in [6.45, 7) is 0. The summed E-state index contributed by atoms with van der Waals surface area (Å²) in [4.78, 5) is 23.0. The van der Waals surface area contributed by atoms with Crippen molar-refractivity contribution in [1.29, 1.82) is 0 Å². The number of benzene rings is 1. The van der Waals surface area contributed by atoms with Crippen molar-refractivity contribution in [3.8, 4) is 0 Å². The van der Waals surface area contributed by atoms with Gasteiger partial charge in [-0.2, -0.15) is 11.8 Å². The zero-order chi connectivity index (χ0) is 15.4. The second-order valence-corrected chi connectivity index (χ2v) is 5.87. The highest BCUT2D eigenvalue weighted by atomic mass is 79.9. The lowest BCUT2D eigenvalue weighted by Crippen LogP contribution is -2.12. The summed E-state index contributed by atoms with van der Waals surface area (Å²) in [6, 6.07) is 7.74. The van der Waals surface area contributed by atoms with Crippen LogP contribution in [0.1, 0.15) is 26.7 Å². The number of carbonyl (C=O) groups is 2. The van der Waals surface area contributed by atoms with Gasteiger partial charge >= 0.3 is 5.97 Å². The number of hydrogen-bond acceptors (Lipinski definition) is 4. The summed E-state index contributed by atoms with van der Waals surface area (Å²) >= 11 is 4.86. The van der Waals surface area contributed by atoms with Crippen LogP contribution < -0.4 is 5.32 Å². The molecule has 0 radical (unpaired) electrons. The van der Waals surface area contributed by atoms with Gasteiger partial charge in [-0.3, -0.25) is 4.79 Å². The van der Waals surface area contributed by atoms with E-state index in [4.69, 9.17) is 9.52 Å². The van der Waals surface area contributed by atoms with E-state index < -0.39 is 11.9 Å². The van der Waals surface area contributed by atoms with Gasteiger partial charge in [0.2, 0.25) is 0 Å². The Kier molecular flexibility index (Phi) is 5.08. The summed E-state index contributed by atoms with van der Waals surface area (Å²) in [6.07, 6.45) is 1.94. The Morgan fingerprint density at radius 3 is 2.76 bits per heavy atom. The molecular formula is C14H12BrNO4S. The molecule has 21 heavy (non-hydrogen) atoms. The van der Waals surface area contributed by atoms with E-state index in [0.717, 1.165) is 0 Å². The van der Waals surface area contributed by atoms with Gasteiger partial charge in [-0.15, -0.1) is 0 Å². The van der Waals surface area contributed by atoms with Gasteiger partial charge in [0, 0.05) is 4.47 Å². The maximum Gasteiger partial charge on any atom is 0.335 e. The molecule has 2 N–H and O–H groups in total. The van der Waals surface area contributed by atoms with Gasteiger partial charge in [-0.05, 0) is 52.5 Å². The number of halogens is 1. The molecule has 1 aromatic carbocycles. The summed E-state index contributed by atoms with van der Waals surface area (Å²) in [7, 11) is 0. The molecule has 2 rings (SSSR count). The fourth-order valence-corrected chi connectivity index (χ4v) is 2.44. The molecule has 0 bridgehead atoms. The smallest absolute Gasteiger partial charge is 0.335 e. The molecule has 0 aliphatic carbocycles. The fourth-order valence-electron chi connectivity index (χ4n) is 1.66. The number of carboxylic acids is 1. The minimum Gasteiger partial charge on any atom is -0.478 e. The first-order valence-electron chi connectivity index (χ1n) is 5.93. The van der Waals surface area contributed by atoms with Crippen molar-refractivity contribution in [3.05, 3.63) is 51.9 Å². The average molecular weight is 370 g/mol. The van der Waals surface area contributed by atoms with E-state index in [0.29, 0.717) is 21.7 Å². The lowest BCUT2D eigenvalue weighted by atomic mass is 10.2. The minimum absolute atomic E-state index is 0.0935. The first-order valence-corrected chi connectivity index (χ1v) is 8.12. The highest BCUT2D eigenvalue weighted by Gasteiger charge is 2.14. The zero-order valence-electron chi connectivity index (χ0n) is 11.1. The van der Waals surface area contributed by atoms with E-state index in [1.165, 1.54) is 12.1 Å². The lowest BCUT2D eigenvalue weighted by Gasteiger charge is -2.07. The van der Waals surface area contributed by atoms with Crippen molar-refractivity contribution in [3.63, 3.8) is 0 Å². The van der Waals surface area contributed by atoms with E-state index in [-0.39, 0.29) is 11.3 Å². The summed E-state index contributed by atoms with van der Waals surface area (Å²) < 4.78 is 6.01. The van der Waals surface area contributed by atoms with Crippen LogP contribution in [0.25, 0.3) is 0 Å². The van der Waals surface area contributed by atoms with Crippen LogP contribution in [0.2, 0.25) is 0 Å². The highest BCUT2D eigenvalue weighted by Crippen LogP contribution is 2.25. The number of hydrogen-bond donors (Lipinski definition) is 2. The molecule has 0 atom stereocenters. The van der Waals surface area contributed by atoms with Crippen molar-refractivity contribution in [2.75, 3.05) is 11.6 Å². The predicted molar refractivity (Wildman–Crippen MR) is 85.0 cm³/mol. The number of carboxylic acid groups (broad SMARTS) is 1. The van der Waals surface area contributed by atoms with E-state index in [2.05, 4.69) is 21.2 Å². The van der Waals surface area contributed by atoms with E-state index in [1.807, 2.05) is 6.26 Å². The van der Waals surface area contributed by atoms with Gasteiger partial charge in [-0.25, -0.2) is 4.79 Å². The van der Waals surface area contributed by atoms with Crippen molar-refractivity contribution in [2.24, 2.45) is 0 Å². The van der Waals surface area contributed by atoms with Crippen LogP contribution in [-0.4, -0.2) is 23.2 Å². The molecule has 2 aromatic rings. The molecule has 7 heteroatoms. The molecular weight excluding hydrogens is 358 g/mol. The van der Waals surface area contributed by atoms with Gasteiger partial charge < -0.3 is 14.8 Å². The molecule has 0 unspecified atom stereocenters. The Hall–Kier alpha value is -1.73. The number of anilines is 1. The first kappa shape index (κ1) is 15.7. The highest BCUT2D eigenvalue weighted by molar-refractivity contribution is 9.10. The molecule has 0 saturated carbocycles. The van der Waals surface area contributed by atoms with Crippen LogP contribution in [0, 0.1) is 0 Å². The summed E-state index contributed by atoms with van der Waals surface area (Å²) in [5.74, 6) is 0.104. The van der Waals surface area contributed by atoms with Crippen LogP contribution in [0.4, 0.5) is 5.69 Å². The maximum absolute atomic E-state index is 12.1. The van der Waals surface area contributed by atoms with Crippen LogP contribution in [-0.2, 0) is 5.75 Å². The Labute approximate surface area is 133 Å². The molecule has 1 aromatic heterocycles. The van der Waals surface area contributed by atoms with Crippen molar-refractivity contribution in [1.82, 2.24) is 0 Å². The number of carbonyl (C=O) groups excluding carboxylic acids is 1. The number of thioether (sulfide) groups is 1. The first-order chi connectivity index (χ1) is 10.0. The Morgan fingerprint density at radius 2 is 2.10 bits per heavy atom. The number of amides is 1. The number of nitrogens with one attached hydrogen (secondary N) is 1. The maximum atomic E-state index is 12.1. The van der Waals surface area contributed by atoms with Gasteiger partial charge in [-0.1, -0.05) is 0 Å². The van der Waals surface area contributed by atoms with Crippen LogP contribution in [0.3, 0.4) is 0 Å². The second kappa shape index (κ2) is 6.82. The molecule has 110 valence electrons. The topological polar surface area (TPSA) is 79.5 Å². The normalized spacial score (nSPS) is 10.4. The van der Waals surface area contributed by atoms with Gasteiger partial charge in [0.15, 0.2) is 5.76 Å². The minimum atomic E-state index is -1.06. The van der Waals surface area contributed by atoms with Crippen molar-refractivity contribution < 1.29 is 19.1 Å². The third kappa shape index (κ3) is 3.89. The molecule has 0 saturated heterocycles. The monoisotopic (exact) mass is 369 g/mol. The lowest BCUT2D eigenvalue weighted by molar-refractivity contribution is 0.0696. The van der Waals surface area contributed by atoms with E-state index in [9.17, 15) is 9.59 Å². The number of aromatic carboxylic acids is 1. The molecule has 0 aliphatic heterocycles. The summed E-state index contributed by atoms with van der Waals surface area (Å²) in [5.41, 5.74) is 0.471. The molecule has 5 nitrogen and oxygen atoms in total. The number of rotatable bonds is 5. The third-order valence-corrected chi connectivity index (χ3v) is 3.90. The average Bonchev–Trinajstić information content (AvgIpc) is 2.90. The largest absolute Gasteiger partial charge is 0.478 e. The van der Waals surface area contributed by atoms with Gasteiger partial charge in [0.05, 0.1) is 17.0 Å². The molecule has 0 fully saturated rings. The Bertz CT molecular complexity index is 683. The van der Waals surface area contributed by atoms with Gasteiger partial charge in [0.1, 0.15) is 5.76 Å². The zero-order valence-corrected chi connectivity index (χ0v) is 13.5. The van der Waals surface area contributed by atoms with Crippen LogP contribution in [0.15, 0.2) is 39.2 Å². The Balaban J connectivity index is 2.18. The van der Waals surface area contributed by atoms with Gasteiger partial charge in [0.25, 0.3) is 5.91 Å². The number of furan rings is 1. The summed E-state index contributed by atoms with van der Waals surface area (Å²) in [5, 5.41) is 11.6. The molecule has 1 amide bonds. The van der Waals surface area contributed by atoms with Crippen LogP contribution >= 0.6 is 27.7 Å². The fraction of sp³-hybridized carbons (Fsp3) is 0.143. The van der Waals surface area contributed by atoms with E-state index >= 15 is 0 Å². The second-order valence-electron chi connectivity index (χ2n) is 4.15. The molecule has 0 aliphatic rings. The quantitative estimate of drug-likeness (QED) is 0.836. The van der Waals surface area contributed by atoms with Crippen molar-refractivity contribution >= 4 is 45.3 Å². The predicted octanol–water partition coefficient (Wildman–Crippen LogP) is 3.86. The van der Waals surface area contributed by atoms with E-state index in [1.54, 1.807) is 30.0 Å². The molecule has 0 spiro atoms. The standard InChI is InChI=1S/C14H12BrNO4S/c1-21-7-9-3-5-12(20-9)13(17)16-11-6-8(14(18)19)2-4-10(11)15/h2-6H,7H2,1H3,(H,16,17)(H,18,19).